The van der Waals surface area contributed by atoms with Gasteiger partial charge in [0.25, 0.3) is 0 Å². The summed E-state index contributed by atoms with van der Waals surface area (Å²) in [7, 11) is 0. The average molecular weight is 839 g/mol. The smallest absolute Gasteiger partial charge is 0.149 e. The van der Waals surface area contributed by atoms with Crippen molar-refractivity contribution in [3.8, 4) is 45.1 Å². The van der Waals surface area contributed by atoms with E-state index in [4.69, 9.17) is 9.97 Å². The number of para-hydroxylation sites is 3. The number of anilines is 3. The van der Waals surface area contributed by atoms with Crippen molar-refractivity contribution >= 4 is 39.0 Å². The molecule has 0 bridgehead atoms. The number of benzene rings is 7. The molecule has 0 spiro atoms. The molecule has 5 heteroatoms. The van der Waals surface area contributed by atoms with E-state index in [0.29, 0.717) is 11.4 Å². The van der Waals surface area contributed by atoms with Gasteiger partial charge in [0.2, 0.25) is 0 Å². The van der Waals surface area contributed by atoms with Crippen LogP contribution in [0.15, 0.2) is 164 Å². The first-order valence-corrected chi connectivity index (χ1v) is 22.4. The number of phenolic OH excluding ortho intramolecular Hbond substituents is 1. The third-order valence-corrected chi connectivity index (χ3v) is 12.5. The van der Waals surface area contributed by atoms with Crippen LogP contribution in [0.3, 0.4) is 0 Å². The second-order valence-corrected chi connectivity index (χ2v) is 20.3. The lowest BCUT2D eigenvalue weighted by molar-refractivity contribution is 0.475. The number of aromatic hydroxyl groups is 1. The van der Waals surface area contributed by atoms with Crippen LogP contribution in [-0.2, 0) is 16.2 Å². The van der Waals surface area contributed by atoms with Gasteiger partial charge in [-0.25, -0.2) is 4.98 Å². The van der Waals surface area contributed by atoms with Crippen LogP contribution < -0.4 is 4.90 Å². The van der Waals surface area contributed by atoms with E-state index in [0.717, 1.165) is 72.5 Å². The Kier molecular flexibility index (Phi) is 10.6. The SMILES string of the molecule is Cc1ccnc2c(-c3cc(-c4cc(N(c5ccccc5)c5ccccc5)cc5c4nc(-c4cc(C(C)(C)C)ccc4O)n5-c4ccc(C(C)(C)C)cc4)cc(C(C)(C)C)c3)cccc12. The zero-order chi connectivity index (χ0) is 45.1. The standard InChI is InChI=1S/C59H58N4O/c1-38-30-31-60-54-48(38)22-17-23-49(54)39-32-40(34-43(33-39)59(8,9)10)50-36-47(62(44-18-13-11-14-19-44)45-20-15-12-16-21-45)37-52-55(50)61-56(51-35-42(58(5,6)7)26-29-53(51)64)63(52)46-27-24-41(25-28-46)57(2,3)4/h11-37,64H,1-10H3. The molecule has 0 fully saturated rings. The quantitative estimate of drug-likeness (QED) is 0.174. The van der Waals surface area contributed by atoms with E-state index >= 15 is 0 Å². The first-order valence-electron chi connectivity index (χ1n) is 22.4. The number of nitrogens with zero attached hydrogens (tertiary/aromatic N) is 4. The molecule has 0 saturated heterocycles. The summed E-state index contributed by atoms with van der Waals surface area (Å²) >= 11 is 0. The molecule has 320 valence electrons. The van der Waals surface area contributed by atoms with Crippen LogP contribution in [0.4, 0.5) is 17.1 Å². The molecule has 0 saturated carbocycles. The monoisotopic (exact) mass is 838 g/mol. The molecular formula is C59H58N4O. The maximum absolute atomic E-state index is 11.9. The number of hydrogen-bond acceptors (Lipinski definition) is 4. The Morgan fingerprint density at radius 2 is 1.08 bits per heavy atom. The number of aromatic nitrogens is 3. The number of fused-ring (bicyclic) bond motifs is 2. The van der Waals surface area contributed by atoms with Crippen molar-refractivity contribution in [1.29, 1.82) is 0 Å². The fourth-order valence-corrected chi connectivity index (χ4v) is 8.77. The summed E-state index contributed by atoms with van der Waals surface area (Å²) in [4.78, 5) is 12.9. The molecule has 2 aromatic heterocycles. The van der Waals surface area contributed by atoms with Crippen molar-refractivity contribution in [1.82, 2.24) is 14.5 Å². The molecule has 0 aliphatic carbocycles. The highest BCUT2D eigenvalue weighted by Gasteiger charge is 2.27. The molecule has 5 nitrogen and oxygen atoms in total. The summed E-state index contributed by atoms with van der Waals surface area (Å²) in [5.74, 6) is 0.857. The van der Waals surface area contributed by atoms with Gasteiger partial charge in [0, 0.05) is 45.5 Å². The second kappa shape index (κ2) is 16.0. The van der Waals surface area contributed by atoms with Gasteiger partial charge in [-0.1, -0.05) is 147 Å². The van der Waals surface area contributed by atoms with Crippen LogP contribution in [0.2, 0.25) is 0 Å². The van der Waals surface area contributed by atoms with Gasteiger partial charge < -0.3 is 10.0 Å². The van der Waals surface area contributed by atoms with Gasteiger partial charge in [-0.15, -0.1) is 0 Å². The summed E-state index contributed by atoms with van der Waals surface area (Å²) < 4.78 is 2.25. The lowest BCUT2D eigenvalue weighted by Gasteiger charge is -2.27. The minimum absolute atomic E-state index is 0.0298. The number of rotatable bonds is 7. The number of aryl methyl sites for hydroxylation is 1. The highest BCUT2D eigenvalue weighted by molar-refractivity contribution is 6.02. The Hall–Kier alpha value is -6.98. The summed E-state index contributed by atoms with van der Waals surface area (Å²) in [6, 6.07) is 56.1. The van der Waals surface area contributed by atoms with Crippen molar-refractivity contribution in [2.45, 2.75) is 85.5 Å². The summed E-state index contributed by atoms with van der Waals surface area (Å²) in [6.45, 7) is 22.3. The van der Waals surface area contributed by atoms with E-state index in [1.807, 2.05) is 18.3 Å². The van der Waals surface area contributed by atoms with Gasteiger partial charge in [0.15, 0.2) is 0 Å². The van der Waals surface area contributed by atoms with Crippen molar-refractivity contribution in [2.24, 2.45) is 0 Å². The minimum Gasteiger partial charge on any atom is -0.507 e. The topological polar surface area (TPSA) is 54.2 Å². The molecule has 9 aromatic rings. The molecule has 0 amide bonds. The molecule has 0 unspecified atom stereocenters. The predicted molar refractivity (Wildman–Crippen MR) is 270 cm³/mol. The summed E-state index contributed by atoms with van der Waals surface area (Å²) in [6.07, 6.45) is 1.91. The van der Waals surface area contributed by atoms with E-state index in [-0.39, 0.29) is 22.0 Å². The summed E-state index contributed by atoms with van der Waals surface area (Å²) in [5.41, 5.74) is 16.1. The Balaban J connectivity index is 1.43. The summed E-state index contributed by atoms with van der Waals surface area (Å²) in [5, 5.41) is 13.0. The molecule has 7 aromatic carbocycles. The van der Waals surface area contributed by atoms with E-state index < -0.39 is 0 Å². The third kappa shape index (κ3) is 7.96. The van der Waals surface area contributed by atoms with E-state index in [9.17, 15) is 5.11 Å². The molecule has 1 N–H and O–H groups in total. The fourth-order valence-electron chi connectivity index (χ4n) is 8.77. The van der Waals surface area contributed by atoms with Gasteiger partial charge in [0.05, 0.1) is 22.1 Å². The average Bonchev–Trinajstić information content (AvgIpc) is 3.65. The molecule has 0 atom stereocenters. The first-order chi connectivity index (χ1) is 30.5. The highest BCUT2D eigenvalue weighted by atomic mass is 16.3. The van der Waals surface area contributed by atoms with Gasteiger partial charge in [-0.05, 0) is 129 Å². The maximum Gasteiger partial charge on any atom is 0.149 e. The van der Waals surface area contributed by atoms with E-state index in [1.54, 1.807) is 0 Å². The number of imidazole rings is 1. The first kappa shape index (κ1) is 42.3. The molecule has 9 rings (SSSR count). The zero-order valence-electron chi connectivity index (χ0n) is 38.8. The van der Waals surface area contributed by atoms with Crippen LogP contribution in [0.25, 0.3) is 61.3 Å². The largest absolute Gasteiger partial charge is 0.507 e. The Bertz CT molecular complexity index is 3120. The van der Waals surface area contributed by atoms with Gasteiger partial charge >= 0.3 is 0 Å². The number of hydrogen-bond donors (Lipinski definition) is 1. The van der Waals surface area contributed by atoms with E-state index in [1.165, 1.54) is 16.7 Å². The zero-order valence-corrected chi connectivity index (χ0v) is 38.8. The Morgan fingerprint density at radius 1 is 0.484 bits per heavy atom. The van der Waals surface area contributed by atoms with Crippen molar-refractivity contribution in [3.05, 3.63) is 186 Å². The van der Waals surface area contributed by atoms with E-state index in [2.05, 4.69) is 224 Å². The minimum atomic E-state index is -0.173. The highest BCUT2D eigenvalue weighted by Crippen LogP contribution is 2.46. The molecule has 0 radical (unpaired) electrons. The lowest BCUT2D eigenvalue weighted by Crippen LogP contribution is -2.12. The van der Waals surface area contributed by atoms with Crippen LogP contribution >= 0.6 is 0 Å². The molecule has 2 heterocycles. The Labute approximate surface area is 378 Å². The van der Waals surface area contributed by atoms with Crippen molar-refractivity contribution in [3.63, 3.8) is 0 Å². The van der Waals surface area contributed by atoms with Crippen molar-refractivity contribution in [2.75, 3.05) is 4.90 Å². The van der Waals surface area contributed by atoms with Gasteiger partial charge in [0.1, 0.15) is 11.6 Å². The number of pyridine rings is 1. The van der Waals surface area contributed by atoms with Gasteiger partial charge in [-0.3, -0.25) is 9.55 Å². The molecule has 0 aliphatic rings. The normalized spacial score (nSPS) is 12.3. The third-order valence-electron chi connectivity index (χ3n) is 12.5. The fraction of sp³-hybridized carbons (Fsp3) is 0.220. The van der Waals surface area contributed by atoms with Crippen LogP contribution in [0.1, 0.15) is 84.6 Å². The van der Waals surface area contributed by atoms with Crippen molar-refractivity contribution < 1.29 is 5.11 Å². The van der Waals surface area contributed by atoms with Crippen LogP contribution in [0, 0.1) is 6.92 Å². The van der Waals surface area contributed by atoms with Crippen LogP contribution in [-0.4, -0.2) is 19.6 Å². The number of phenols is 1. The van der Waals surface area contributed by atoms with Gasteiger partial charge in [-0.2, -0.15) is 0 Å². The maximum atomic E-state index is 11.9. The molecular weight excluding hydrogens is 781 g/mol. The van der Waals surface area contributed by atoms with Crippen LogP contribution in [0.5, 0.6) is 5.75 Å². The second-order valence-electron chi connectivity index (χ2n) is 20.3. The molecule has 64 heavy (non-hydrogen) atoms. The predicted octanol–water partition coefficient (Wildman–Crippen LogP) is 16.0. The lowest BCUT2D eigenvalue weighted by atomic mass is 9.83. The molecule has 0 aliphatic heterocycles. The Morgan fingerprint density at radius 3 is 1.69 bits per heavy atom.